The molecule has 3 rings (SSSR count). The van der Waals surface area contributed by atoms with Gasteiger partial charge in [-0.05, 0) is 18.6 Å². The van der Waals surface area contributed by atoms with E-state index in [1.54, 1.807) is 29.2 Å². The lowest BCUT2D eigenvalue weighted by atomic mass is 10.2. The van der Waals surface area contributed by atoms with Crippen LogP contribution in [0.15, 0.2) is 29.2 Å². The van der Waals surface area contributed by atoms with Crippen molar-refractivity contribution in [1.29, 1.82) is 0 Å². The summed E-state index contributed by atoms with van der Waals surface area (Å²) in [4.78, 5) is 17.1. The fourth-order valence-corrected chi connectivity index (χ4v) is 4.02. The number of ether oxygens (including phenoxy) is 1. The smallest absolute Gasteiger partial charge is 0.266 e. The predicted octanol–water partition coefficient (Wildman–Crippen LogP) is 2.32. The van der Waals surface area contributed by atoms with E-state index in [2.05, 4.69) is 4.90 Å². The van der Waals surface area contributed by atoms with Crippen molar-refractivity contribution in [3.63, 3.8) is 0 Å². The number of phenolic OH excluding ortho intramolecular Hbond substituents is 1. The first-order valence-electron chi connectivity index (χ1n) is 7.98. The molecule has 1 N–H and O–H groups in total. The minimum atomic E-state index is -0.0739. The Morgan fingerprint density at radius 2 is 2.00 bits per heavy atom. The number of amides is 1. The van der Waals surface area contributed by atoms with Gasteiger partial charge in [-0.15, -0.1) is 0 Å². The summed E-state index contributed by atoms with van der Waals surface area (Å²) in [7, 11) is 0. The first-order valence-corrected chi connectivity index (χ1v) is 9.21. The van der Waals surface area contributed by atoms with Gasteiger partial charge in [-0.25, -0.2) is 0 Å². The van der Waals surface area contributed by atoms with Gasteiger partial charge in [0.15, 0.2) is 0 Å². The number of carbonyl (C=O) groups is 1. The zero-order valence-corrected chi connectivity index (χ0v) is 14.9. The minimum absolute atomic E-state index is 0.0739. The lowest BCUT2D eigenvalue weighted by Crippen LogP contribution is -2.38. The second kappa shape index (κ2) is 8.11. The molecule has 0 atom stereocenters. The summed E-state index contributed by atoms with van der Waals surface area (Å²) in [6.45, 7) is 5.03. The normalized spacial score (nSPS) is 21.0. The van der Waals surface area contributed by atoms with Crippen molar-refractivity contribution < 1.29 is 14.6 Å². The van der Waals surface area contributed by atoms with Crippen LogP contribution < -0.4 is 0 Å². The molecule has 2 heterocycles. The Kier molecular flexibility index (Phi) is 5.89. The Balaban J connectivity index is 1.58. The van der Waals surface area contributed by atoms with E-state index < -0.39 is 0 Å². The molecule has 0 aliphatic carbocycles. The van der Waals surface area contributed by atoms with Crippen molar-refractivity contribution in [3.05, 3.63) is 34.7 Å². The second-order valence-corrected chi connectivity index (χ2v) is 7.38. The number of thioether (sulfide) groups is 1. The average molecular weight is 364 g/mol. The number of para-hydroxylation sites is 1. The van der Waals surface area contributed by atoms with Gasteiger partial charge in [-0.2, -0.15) is 0 Å². The van der Waals surface area contributed by atoms with E-state index in [9.17, 15) is 9.90 Å². The summed E-state index contributed by atoms with van der Waals surface area (Å²) in [5.41, 5.74) is 0.631. The number of morpholine rings is 1. The molecule has 1 aromatic carbocycles. The molecule has 2 aliphatic rings. The van der Waals surface area contributed by atoms with Gasteiger partial charge in [-0.3, -0.25) is 14.6 Å². The summed E-state index contributed by atoms with van der Waals surface area (Å²) in [6.07, 6.45) is 2.59. The number of thiocarbonyl (C=S) groups is 1. The molecule has 2 aliphatic heterocycles. The number of hydrogen-bond donors (Lipinski definition) is 1. The average Bonchev–Trinajstić information content (AvgIpc) is 2.85. The van der Waals surface area contributed by atoms with Crippen molar-refractivity contribution in [2.45, 2.75) is 6.42 Å². The highest BCUT2D eigenvalue weighted by atomic mass is 32.2. The standard InChI is InChI=1S/C17H20N2O3S2/c20-14-5-2-1-4-13(14)12-15-16(21)19(17(23)24-15)7-3-6-18-8-10-22-11-9-18/h1-2,4-5,12,20H,3,6-11H2/b15-12-. The number of benzene rings is 1. The van der Waals surface area contributed by atoms with Gasteiger partial charge in [-0.1, -0.05) is 42.2 Å². The van der Waals surface area contributed by atoms with E-state index in [1.807, 2.05) is 6.07 Å². The minimum Gasteiger partial charge on any atom is -0.507 e. The lowest BCUT2D eigenvalue weighted by Gasteiger charge is -2.27. The van der Waals surface area contributed by atoms with Crippen molar-refractivity contribution in [2.24, 2.45) is 0 Å². The van der Waals surface area contributed by atoms with Crippen molar-refractivity contribution in [3.8, 4) is 5.75 Å². The Morgan fingerprint density at radius 3 is 2.75 bits per heavy atom. The van der Waals surface area contributed by atoms with E-state index >= 15 is 0 Å². The van der Waals surface area contributed by atoms with E-state index in [0.717, 1.165) is 39.3 Å². The highest BCUT2D eigenvalue weighted by Gasteiger charge is 2.31. The van der Waals surface area contributed by atoms with Crippen molar-refractivity contribution >= 4 is 40.3 Å². The largest absolute Gasteiger partial charge is 0.507 e. The molecule has 0 unspecified atom stereocenters. The van der Waals surface area contributed by atoms with Crippen LogP contribution in [0.4, 0.5) is 0 Å². The van der Waals surface area contributed by atoms with Gasteiger partial charge >= 0.3 is 0 Å². The summed E-state index contributed by atoms with van der Waals surface area (Å²) in [5.74, 6) is 0.0883. The van der Waals surface area contributed by atoms with E-state index in [4.69, 9.17) is 17.0 Å². The number of carbonyl (C=O) groups excluding carboxylic acids is 1. The van der Waals surface area contributed by atoms with E-state index in [-0.39, 0.29) is 11.7 Å². The fraction of sp³-hybridized carbons (Fsp3) is 0.412. The van der Waals surface area contributed by atoms with Gasteiger partial charge in [0.2, 0.25) is 0 Å². The molecule has 128 valence electrons. The Morgan fingerprint density at radius 1 is 1.25 bits per heavy atom. The number of hydrogen-bond acceptors (Lipinski definition) is 6. The molecule has 5 nitrogen and oxygen atoms in total. The van der Waals surface area contributed by atoms with Crippen LogP contribution >= 0.6 is 24.0 Å². The lowest BCUT2D eigenvalue weighted by molar-refractivity contribution is -0.122. The molecule has 24 heavy (non-hydrogen) atoms. The quantitative estimate of drug-likeness (QED) is 0.639. The molecule has 1 aromatic rings. The number of aromatic hydroxyl groups is 1. The van der Waals surface area contributed by atoms with Crippen LogP contribution in [0.1, 0.15) is 12.0 Å². The number of rotatable bonds is 5. The summed E-state index contributed by atoms with van der Waals surface area (Å²) in [5, 5.41) is 9.85. The molecule has 2 saturated heterocycles. The third-order valence-corrected chi connectivity index (χ3v) is 5.43. The van der Waals surface area contributed by atoms with Crippen LogP contribution in [-0.2, 0) is 9.53 Å². The van der Waals surface area contributed by atoms with Crippen LogP contribution in [0.2, 0.25) is 0 Å². The molecule has 0 aromatic heterocycles. The molecule has 7 heteroatoms. The third-order valence-electron chi connectivity index (χ3n) is 4.06. The predicted molar refractivity (Wildman–Crippen MR) is 99.9 cm³/mol. The van der Waals surface area contributed by atoms with Crippen LogP contribution in [0.3, 0.4) is 0 Å². The van der Waals surface area contributed by atoms with Crippen molar-refractivity contribution in [2.75, 3.05) is 39.4 Å². The fourth-order valence-electron chi connectivity index (χ4n) is 2.72. The van der Waals surface area contributed by atoms with Crippen LogP contribution in [-0.4, -0.2) is 64.5 Å². The molecule has 0 radical (unpaired) electrons. The molecule has 0 bridgehead atoms. The highest BCUT2D eigenvalue weighted by molar-refractivity contribution is 8.26. The molecule has 0 saturated carbocycles. The number of nitrogens with zero attached hydrogens (tertiary/aromatic N) is 2. The summed E-state index contributed by atoms with van der Waals surface area (Å²) >= 11 is 6.64. The second-order valence-electron chi connectivity index (χ2n) is 5.70. The van der Waals surface area contributed by atoms with Crippen LogP contribution in [0.5, 0.6) is 5.75 Å². The number of phenols is 1. The maximum Gasteiger partial charge on any atom is 0.266 e. The van der Waals surface area contributed by atoms with Gasteiger partial charge in [0, 0.05) is 31.7 Å². The zero-order chi connectivity index (χ0) is 16.9. The van der Waals surface area contributed by atoms with Gasteiger partial charge < -0.3 is 9.84 Å². The van der Waals surface area contributed by atoms with Crippen LogP contribution in [0.25, 0.3) is 6.08 Å². The van der Waals surface area contributed by atoms with Gasteiger partial charge in [0.05, 0.1) is 18.1 Å². The van der Waals surface area contributed by atoms with E-state index in [1.165, 1.54) is 11.8 Å². The first kappa shape index (κ1) is 17.4. The maximum absolute atomic E-state index is 12.5. The van der Waals surface area contributed by atoms with Crippen LogP contribution in [0, 0.1) is 0 Å². The Labute approximate surface area is 151 Å². The third kappa shape index (κ3) is 4.16. The SMILES string of the molecule is O=C1/C(=C/c2ccccc2O)SC(=S)N1CCCN1CCOCC1. The zero-order valence-electron chi connectivity index (χ0n) is 13.3. The molecular weight excluding hydrogens is 344 g/mol. The molecule has 0 spiro atoms. The maximum atomic E-state index is 12.5. The van der Waals surface area contributed by atoms with E-state index in [0.29, 0.717) is 21.3 Å². The Hall–Kier alpha value is -1.41. The molecular formula is C17H20N2O3S2. The highest BCUT2D eigenvalue weighted by Crippen LogP contribution is 2.34. The molecule has 2 fully saturated rings. The summed E-state index contributed by atoms with van der Waals surface area (Å²) in [6, 6.07) is 6.97. The first-order chi connectivity index (χ1) is 11.6. The Bertz CT molecular complexity index is 657. The van der Waals surface area contributed by atoms with Gasteiger partial charge in [0.25, 0.3) is 5.91 Å². The topological polar surface area (TPSA) is 53.0 Å². The molecule has 1 amide bonds. The van der Waals surface area contributed by atoms with Gasteiger partial charge in [0.1, 0.15) is 10.1 Å². The summed E-state index contributed by atoms with van der Waals surface area (Å²) < 4.78 is 5.92. The van der Waals surface area contributed by atoms with Crippen molar-refractivity contribution in [1.82, 2.24) is 9.80 Å². The monoisotopic (exact) mass is 364 g/mol.